The first kappa shape index (κ1) is 26.8. The first-order valence-corrected chi connectivity index (χ1v) is 17.1. The van der Waals surface area contributed by atoms with Gasteiger partial charge in [0.15, 0.2) is 0 Å². The molecule has 0 aliphatic heterocycles. The highest BCUT2D eigenvalue weighted by atomic mass is 16.3. The Labute approximate surface area is 283 Å². The number of aromatic nitrogens is 2. The Morgan fingerprint density at radius 3 is 2.12 bits per heavy atom. The number of nitrogens with zero attached hydrogens (tertiary/aromatic N) is 2. The highest BCUT2D eigenvalue weighted by molar-refractivity contribution is 6.16. The van der Waals surface area contributed by atoms with Gasteiger partial charge < -0.3 is 4.42 Å². The molecule has 0 radical (unpaired) electrons. The van der Waals surface area contributed by atoms with E-state index < -0.39 is 5.41 Å². The summed E-state index contributed by atoms with van der Waals surface area (Å²) in [6.45, 7) is 2.17. The first-order valence-electron chi connectivity index (χ1n) is 17.1. The molecule has 1 atom stereocenters. The van der Waals surface area contributed by atoms with Gasteiger partial charge in [0.1, 0.15) is 17.0 Å². The third kappa shape index (κ3) is 3.39. The van der Waals surface area contributed by atoms with Crippen LogP contribution in [0.1, 0.15) is 35.0 Å². The van der Waals surface area contributed by atoms with Gasteiger partial charge in [-0.2, -0.15) is 0 Å². The highest BCUT2D eigenvalue weighted by Crippen LogP contribution is 2.64. The number of para-hydroxylation sites is 3. The minimum Gasteiger partial charge on any atom is -0.456 e. The number of hydrogen-bond acceptors (Lipinski definition) is 2. The molecular formula is C46H30N2O. The van der Waals surface area contributed by atoms with Crippen LogP contribution in [0, 0.1) is 0 Å². The predicted octanol–water partition coefficient (Wildman–Crippen LogP) is 11.5. The summed E-state index contributed by atoms with van der Waals surface area (Å²) < 4.78 is 8.72. The van der Waals surface area contributed by atoms with E-state index in [2.05, 4.69) is 163 Å². The Balaban J connectivity index is 1.15. The van der Waals surface area contributed by atoms with E-state index >= 15 is 0 Å². The Bertz CT molecular complexity index is 2820. The zero-order valence-corrected chi connectivity index (χ0v) is 26.9. The Hall–Kier alpha value is -6.19. The lowest BCUT2D eigenvalue weighted by atomic mass is 9.70. The summed E-state index contributed by atoms with van der Waals surface area (Å²) in [7, 11) is 0. The zero-order chi connectivity index (χ0) is 32.3. The second-order valence-corrected chi connectivity index (χ2v) is 13.3. The molecule has 3 nitrogen and oxygen atoms in total. The van der Waals surface area contributed by atoms with Gasteiger partial charge in [-0.05, 0) is 98.1 Å². The number of benzene rings is 7. The maximum Gasteiger partial charge on any atom is 0.136 e. The molecular weight excluding hydrogens is 597 g/mol. The average molecular weight is 627 g/mol. The van der Waals surface area contributed by atoms with E-state index in [4.69, 9.17) is 9.40 Å². The van der Waals surface area contributed by atoms with Crippen molar-refractivity contribution in [1.29, 1.82) is 0 Å². The van der Waals surface area contributed by atoms with Gasteiger partial charge in [-0.25, -0.2) is 4.98 Å². The second kappa shape index (κ2) is 9.68. The maximum atomic E-state index is 6.43. The van der Waals surface area contributed by atoms with Crippen LogP contribution in [0.5, 0.6) is 0 Å². The monoisotopic (exact) mass is 626 g/mol. The fourth-order valence-electron chi connectivity index (χ4n) is 9.03. The minimum atomic E-state index is -0.438. The normalized spacial score (nSPS) is 15.6. The van der Waals surface area contributed by atoms with Crippen LogP contribution in [0.4, 0.5) is 0 Å². The van der Waals surface area contributed by atoms with Crippen LogP contribution in [-0.4, -0.2) is 9.55 Å². The van der Waals surface area contributed by atoms with Gasteiger partial charge in [0, 0.05) is 22.9 Å². The Kier molecular flexibility index (Phi) is 5.30. The Morgan fingerprint density at radius 1 is 0.571 bits per heavy atom. The third-order valence-electron chi connectivity index (χ3n) is 11.0. The Morgan fingerprint density at radius 2 is 1.27 bits per heavy atom. The van der Waals surface area contributed by atoms with Gasteiger partial charge in [-0.3, -0.25) is 4.57 Å². The molecule has 9 aromatic rings. The van der Waals surface area contributed by atoms with Gasteiger partial charge in [0.25, 0.3) is 0 Å². The van der Waals surface area contributed by atoms with E-state index in [1.807, 2.05) is 0 Å². The van der Waals surface area contributed by atoms with E-state index in [-0.39, 0.29) is 0 Å². The van der Waals surface area contributed by atoms with Gasteiger partial charge in [-0.15, -0.1) is 0 Å². The largest absolute Gasteiger partial charge is 0.456 e. The van der Waals surface area contributed by atoms with Crippen molar-refractivity contribution >= 4 is 33.0 Å². The summed E-state index contributed by atoms with van der Waals surface area (Å²) >= 11 is 0. The van der Waals surface area contributed by atoms with E-state index in [0.29, 0.717) is 0 Å². The third-order valence-corrected chi connectivity index (χ3v) is 11.0. The van der Waals surface area contributed by atoms with Crippen LogP contribution in [-0.2, 0) is 11.8 Å². The lowest BCUT2D eigenvalue weighted by Crippen LogP contribution is -2.25. The van der Waals surface area contributed by atoms with E-state index in [0.717, 1.165) is 40.1 Å². The summed E-state index contributed by atoms with van der Waals surface area (Å²) in [5.74, 6) is 1.07. The zero-order valence-electron chi connectivity index (χ0n) is 26.9. The molecule has 2 aromatic heterocycles. The number of rotatable bonds is 3. The topological polar surface area (TPSA) is 31.0 Å². The van der Waals surface area contributed by atoms with Crippen molar-refractivity contribution in [3.05, 3.63) is 180 Å². The van der Waals surface area contributed by atoms with Crippen molar-refractivity contribution in [1.82, 2.24) is 9.55 Å². The summed E-state index contributed by atoms with van der Waals surface area (Å²) in [6.07, 6.45) is 0.869. The minimum absolute atomic E-state index is 0.438. The molecule has 0 fully saturated rings. The molecule has 2 aliphatic rings. The van der Waals surface area contributed by atoms with Crippen molar-refractivity contribution in [2.24, 2.45) is 0 Å². The van der Waals surface area contributed by atoms with Crippen LogP contribution in [0.3, 0.4) is 0 Å². The SMILES string of the molecule is CCc1nc2ccccc2n1-c1ccc(-c2ccc3c(c2)C2(c4ccccc4-3)c3ccccc3-c3c2ccc2oc4ccccc4c32)cc1. The van der Waals surface area contributed by atoms with Gasteiger partial charge in [-0.1, -0.05) is 116 Å². The number of imidazole rings is 1. The van der Waals surface area contributed by atoms with Crippen molar-refractivity contribution in [2.45, 2.75) is 18.8 Å². The maximum absolute atomic E-state index is 6.43. The summed E-state index contributed by atoms with van der Waals surface area (Å²) in [5.41, 5.74) is 17.7. The molecule has 230 valence electrons. The summed E-state index contributed by atoms with van der Waals surface area (Å²) in [4.78, 5) is 4.91. The molecule has 11 rings (SSSR count). The summed E-state index contributed by atoms with van der Waals surface area (Å²) in [5, 5.41) is 2.37. The number of fused-ring (bicyclic) bond motifs is 15. The summed E-state index contributed by atoms with van der Waals surface area (Å²) in [6, 6.07) is 55.5. The average Bonchev–Trinajstić information content (AvgIpc) is 3.89. The molecule has 1 spiro atoms. The molecule has 0 saturated carbocycles. The molecule has 49 heavy (non-hydrogen) atoms. The molecule has 0 amide bonds. The van der Waals surface area contributed by atoms with Crippen LogP contribution >= 0.6 is 0 Å². The van der Waals surface area contributed by atoms with Crippen molar-refractivity contribution in [3.63, 3.8) is 0 Å². The lowest BCUT2D eigenvalue weighted by molar-refractivity contribution is 0.668. The molecule has 0 N–H and O–H groups in total. The second-order valence-electron chi connectivity index (χ2n) is 13.3. The number of hydrogen-bond donors (Lipinski definition) is 0. The molecule has 3 heteroatoms. The number of furan rings is 1. The van der Waals surface area contributed by atoms with E-state index in [1.54, 1.807) is 0 Å². The molecule has 2 heterocycles. The fourth-order valence-corrected chi connectivity index (χ4v) is 9.03. The smallest absolute Gasteiger partial charge is 0.136 e. The fraction of sp³-hybridized carbons (Fsp3) is 0.0652. The molecule has 0 saturated heterocycles. The molecule has 1 unspecified atom stereocenters. The predicted molar refractivity (Wildman–Crippen MR) is 199 cm³/mol. The highest BCUT2D eigenvalue weighted by Gasteiger charge is 2.52. The lowest BCUT2D eigenvalue weighted by Gasteiger charge is -2.30. The van der Waals surface area contributed by atoms with Gasteiger partial charge in [0.2, 0.25) is 0 Å². The van der Waals surface area contributed by atoms with Crippen LogP contribution < -0.4 is 0 Å². The molecule has 2 aliphatic carbocycles. The standard InChI is InChI=1S/C46H30N2O/c1-2-43-47-39-16-8-9-17-40(39)48(43)30-22-19-28(20-23-30)29-21-24-32-31-11-3-6-14-35(31)46(38(32)27-29)36-15-7-4-12-33(36)44-37(46)25-26-42-45(44)34-13-5-10-18-41(34)49-42/h3-27H,2H2,1H3. The quantitative estimate of drug-likeness (QED) is 0.195. The molecule has 7 aromatic carbocycles. The van der Waals surface area contributed by atoms with Crippen LogP contribution in [0.15, 0.2) is 156 Å². The van der Waals surface area contributed by atoms with Crippen molar-refractivity contribution < 1.29 is 4.42 Å². The molecule has 0 bridgehead atoms. The van der Waals surface area contributed by atoms with E-state index in [1.165, 1.54) is 66.4 Å². The number of aryl methyl sites for hydroxylation is 1. The van der Waals surface area contributed by atoms with Crippen LogP contribution in [0.2, 0.25) is 0 Å². The first-order chi connectivity index (χ1) is 24.3. The van der Waals surface area contributed by atoms with Gasteiger partial charge >= 0.3 is 0 Å². The van der Waals surface area contributed by atoms with Crippen LogP contribution in [0.25, 0.3) is 72.0 Å². The van der Waals surface area contributed by atoms with E-state index in [9.17, 15) is 0 Å². The van der Waals surface area contributed by atoms with Crippen molar-refractivity contribution in [2.75, 3.05) is 0 Å². The van der Waals surface area contributed by atoms with Gasteiger partial charge in [0.05, 0.1) is 16.4 Å². The van der Waals surface area contributed by atoms with Crippen molar-refractivity contribution in [3.8, 4) is 39.1 Å².